The number of nitro groups is 1. The van der Waals surface area contributed by atoms with Crippen LogP contribution in [0.25, 0.3) is 0 Å². The highest BCUT2D eigenvalue weighted by atomic mass is 16.6. The third kappa shape index (κ3) is 4.98. The van der Waals surface area contributed by atoms with Crippen LogP contribution < -0.4 is 0 Å². The summed E-state index contributed by atoms with van der Waals surface area (Å²) in [4.78, 5) is 13.2. The van der Waals surface area contributed by atoms with Gasteiger partial charge in [-0.25, -0.2) is 0 Å². The first-order valence-electron chi connectivity index (χ1n) is 10.5. The number of non-ortho nitro benzene ring substituents is 1. The van der Waals surface area contributed by atoms with Crippen molar-refractivity contribution < 1.29 is 4.92 Å². The molecule has 31 heavy (non-hydrogen) atoms. The summed E-state index contributed by atoms with van der Waals surface area (Å²) in [6.45, 7) is 5.30. The van der Waals surface area contributed by atoms with Crippen molar-refractivity contribution in [1.82, 2.24) is 9.91 Å². The smallest absolute Gasteiger partial charge is 0.270 e. The Morgan fingerprint density at radius 3 is 2.00 bits per heavy atom. The molecule has 0 saturated carbocycles. The van der Waals surface area contributed by atoms with Crippen molar-refractivity contribution in [3.05, 3.63) is 112 Å². The Kier molecular flexibility index (Phi) is 6.38. The van der Waals surface area contributed by atoms with Crippen LogP contribution in [-0.4, -0.2) is 46.7 Å². The zero-order chi connectivity index (χ0) is 21.6. The monoisotopic (exact) mass is 414 g/mol. The predicted octanol–water partition coefficient (Wildman–Crippen LogP) is 4.73. The van der Waals surface area contributed by atoms with Gasteiger partial charge in [-0.05, 0) is 18.1 Å². The van der Waals surface area contributed by atoms with Crippen molar-refractivity contribution in [1.29, 1.82) is 0 Å². The Morgan fingerprint density at radius 2 is 1.45 bits per heavy atom. The highest BCUT2D eigenvalue weighted by molar-refractivity contribution is 5.99. The van der Waals surface area contributed by atoms with Crippen LogP contribution in [0.4, 0.5) is 5.69 Å². The molecule has 1 aliphatic heterocycles. The van der Waals surface area contributed by atoms with E-state index < -0.39 is 0 Å². The molecule has 6 heteroatoms. The van der Waals surface area contributed by atoms with Gasteiger partial charge in [-0.2, -0.15) is 5.10 Å². The van der Waals surface area contributed by atoms with E-state index in [1.54, 1.807) is 12.1 Å². The fourth-order valence-electron chi connectivity index (χ4n) is 4.07. The minimum absolute atomic E-state index is 0.0884. The topological polar surface area (TPSA) is 62.0 Å². The molecule has 1 fully saturated rings. The van der Waals surface area contributed by atoms with E-state index in [1.807, 2.05) is 13.0 Å². The summed E-state index contributed by atoms with van der Waals surface area (Å²) in [7, 11) is 0. The maximum atomic E-state index is 11.0. The molecule has 0 N–H and O–H groups in total. The Balaban J connectivity index is 1.48. The lowest BCUT2D eigenvalue weighted by Gasteiger charge is -2.39. The van der Waals surface area contributed by atoms with Gasteiger partial charge in [-0.3, -0.25) is 20.0 Å². The van der Waals surface area contributed by atoms with E-state index >= 15 is 0 Å². The first-order chi connectivity index (χ1) is 15.1. The third-order valence-electron chi connectivity index (χ3n) is 5.65. The summed E-state index contributed by atoms with van der Waals surface area (Å²) in [6, 6.07) is 28.1. The van der Waals surface area contributed by atoms with E-state index in [0.717, 1.165) is 37.5 Å². The largest absolute Gasteiger partial charge is 0.294 e. The number of benzene rings is 3. The molecule has 6 nitrogen and oxygen atoms in total. The number of nitrogens with zero attached hydrogens (tertiary/aromatic N) is 4. The highest BCUT2D eigenvalue weighted by Gasteiger charge is 2.26. The molecule has 4 rings (SSSR count). The Morgan fingerprint density at radius 1 is 0.871 bits per heavy atom. The zero-order valence-corrected chi connectivity index (χ0v) is 17.6. The quantitative estimate of drug-likeness (QED) is 0.332. The molecule has 0 aliphatic carbocycles. The minimum Gasteiger partial charge on any atom is -0.294 e. The van der Waals surface area contributed by atoms with Crippen molar-refractivity contribution in [2.24, 2.45) is 5.10 Å². The maximum Gasteiger partial charge on any atom is 0.270 e. The number of hydrazone groups is 1. The molecule has 0 aromatic heterocycles. The molecule has 3 aromatic carbocycles. The second-order valence-electron chi connectivity index (χ2n) is 7.71. The van der Waals surface area contributed by atoms with Crippen LogP contribution in [-0.2, 0) is 0 Å². The van der Waals surface area contributed by atoms with E-state index in [0.29, 0.717) is 0 Å². The number of hydrogen-bond donors (Lipinski definition) is 0. The molecule has 158 valence electrons. The lowest BCUT2D eigenvalue weighted by atomic mass is 9.96. The van der Waals surface area contributed by atoms with Gasteiger partial charge in [0, 0.05) is 43.9 Å². The van der Waals surface area contributed by atoms with Crippen LogP contribution in [0.5, 0.6) is 0 Å². The van der Waals surface area contributed by atoms with E-state index in [1.165, 1.54) is 17.2 Å². The Labute approximate surface area is 182 Å². The Hall–Kier alpha value is -3.51. The average molecular weight is 415 g/mol. The molecular weight excluding hydrogens is 388 g/mol. The van der Waals surface area contributed by atoms with Crippen LogP contribution in [0, 0.1) is 10.1 Å². The molecule has 0 unspecified atom stereocenters. The third-order valence-corrected chi connectivity index (χ3v) is 5.65. The van der Waals surface area contributed by atoms with Crippen LogP contribution in [0.15, 0.2) is 90.0 Å². The average Bonchev–Trinajstić information content (AvgIpc) is 2.82. The second kappa shape index (κ2) is 9.53. The van der Waals surface area contributed by atoms with Crippen LogP contribution in [0.2, 0.25) is 0 Å². The van der Waals surface area contributed by atoms with Gasteiger partial charge in [0.1, 0.15) is 0 Å². The summed E-state index contributed by atoms with van der Waals surface area (Å²) in [5, 5.41) is 17.9. The summed E-state index contributed by atoms with van der Waals surface area (Å²) < 4.78 is 0. The number of nitro benzene ring substituents is 1. The summed E-state index contributed by atoms with van der Waals surface area (Å²) >= 11 is 0. The maximum absolute atomic E-state index is 11.0. The lowest BCUT2D eigenvalue weighted by molar-refractivity contribution is -0.384. The highest BCUT2D eigenvalue weighted by Crippen LogP contribution is 2.29. The molecule has 0 radical (unpaired) electrons. The van der Waals surface area contributed by atoms with Gasteiger partial charge in [-0.1, -0.05) is 72.8 Å². The molecule has 3 aromatic rings. The molecule has 0 amide bonds. The van der Waals surface area contributed by atoms with Gasteiger partial charge in [0.2, 0.25) is 0 Å². The predicted molar refractivity (Wildman–Crippen MR) is 123 cm³/mol. The summed E-state index contributed by atoms with van der Waals surface area (Å²) in [5.74, 6) is 0. The molecule has 0 atom stereocenters. The molecule has 1 heterocycles. The summed E-state index contributed by atoms with van der Waals surface area (Å²) in [5.41, 5.74) is 4.24. The second-order valence-corrected chi connectivity index (χ2v) is 7.71. The Bertz CT molecular complexity index is 1010. The SMILES string of the molecule is CC(=NN1CCN(C(c2ccccc2)c2ccccc2)CC1)c1cccc([N+](=O)[O-])c1. The van der Waals surface area contributed by atoms with Gasteiger partial charge in [0.25, 0.3) is 5.69 Å². The first kappa shape index (κ1) is 20.8. The fraction of sp³-hybridized carbons (Fsp3) is 0.240. The fourth-order valence-corrected chi connectivity index (χ4v) is 4.07. The van der Waals surface area contributed by atoms with Gasteiger partial charge in [-0.15, -0.1) is 0 Å². The van der Waals surface area contributed by atoms with E-state index in [-0.39, 0.29) is 16.7 Å². The van der Waals surface area contributed by atoms with Crippen molar-refractivity contribution in [2.75, 3.05) is 26.2 Å². The molecule has 1 aliphatic rings. The molecular formula is C25H26N4O2. The van der Waals surface area contributed by atoms with E-state index in [9.17, 15) is 10.1 Å². The van der Waals surface area contributed by atoms with E-state index in [4.69, 9.17) is 5.10 Å². The van der Waals surface area contributed by atoms with Crippen LogP contribution in [0.1, 0.15) is 29.7 Å². The van der Waals surface area contributed by atoms with Gasteiger partial charge in [0.15, 0.2) is 0 Å². The number of rotatable bonds is 6. The van der Waals surface area contributed by atoms with Gasteiger partial charge in [0.05, 0.1) is 16.7 Å². The summed E-state index contributed by atoms with van der Waals surface area (Å²) in [6.07, 6.45) is 0. The zero-order valence-electron chi connectivity index (χ0n) is 17.6. The van der Waals surface area contributed by atoms with Gasteiger partial charge >= 0.3 is 0 Å². The van der Waals surface area contributed by atoms with Crippen LogP contribution >= 0.6 is 0 Å². The van der Waals surface area contributed by atoms with Crippen molar-refractivity contribution in [3.63, 3.8) is 0 Å². The van der Waals surface area contributed by atoms with Crippen molar-refractivity contribution >= 4 is 11.4 Å². The molecule has 0 bridgehead atoms. The molecule has 1 saturated heterocycles. The first-order valence-corrected chi connectivity index (χ1v) is 10.5. The van der Waals surface area contributed by atoms with Crippen molar-refractivity contribution in [3.8, 4) is 0 Å². The van der Waals surface area contributed by atoms with Crippen molar-refractivity contribution in [2.45, 2.75) is 13.0 Å². The van der Waals surface area contributed by atoms with Gasteiger partial charge < -0.3 is 0 Å². The standard InChI is InChI=1S/C25H26N4O2/c1-20(23-13-8-14-24(19-23)29(30)31)26-28-17-15-27(16-18-28)25(21-9-4-2-5-10-21)22-11-6-3-7-12-22/h2-14,19,25H,15-18H2,1H3. The lowest BCUT2D eigenvalue weighted by Crippen LogP contribution is -2.46. The molecule has 0 spiro atoms. The normalized spacial score (nSPS) is 15.3. The van der Waals surface area contributed by atoms with E-state index in [2.05, 4.69) is 70.6 Å². The number of hydrogen-bond acceptors (Lipinski definition) is 5. The number of piperazine rings is 1. The minimum atomic E-state index is -0.372. The van der Waals surface area contributed by atoms with Crippen LogP contribution in [0.3, 0.4) is 0 Å².